The van der Waals surface area contributed by atoms with Gasteiger partial charge in [0.05, 0.1) is 35.1 Å². The lowest BCUT2D eigenvalue weighted by Gasteiger charge is -2.18. The van der Waals surface area contributed by atoms with Crippen molar-refractivity contribution < 1.29 is 18.6 Å². The van der Waals surface area contributed by atoms with E-state index in [0.717, 1.165) is 0 Å². The van der Waals surface area contributed by atoms with Crippen molar-refractivity contribution in [2.24, 2.45) is 5.18 Å². The molecule has 1 aliphatic rings. The number of alkyl halides is 2. The van der Waals surface area contributed by atoms with Gasteiger partial charge in [-0.3, -0.25) is 14.4 Å². The number of nitrogens with zero attached hydrogens (tertiary/aromatic N) is 5. The number of aliphatic hydroxyl groups excluding tert-OH is 1. The molecule has 1 aromatic carbocycles. The molecule has 2 atom stereocenters. The molecule has 0 saturated heterocycles. The minimum Gasteiger partial charge on any atom is -0.435 e. The van der Waals surface area contributed by atoms with Gasteiger partial charge in [0.1, 0.15) is 11.3 Å². The Hall–Kier alpha value is -3.50. The van der Waals surface area contributed by atoms with Crippen LogP contribution < -0.4 is 4.74 Å². The van der Waals surface area contributed by atoms with E-state index < -0.39 is 24.2 Å². The maximum atomic E-state index is 13.1. The minimum absolute atomic E-state index is 0.00938. The van der Waals surface area contributed by atoms with Gasteiger partial charge < -0.3 is 9.84 Å². The normalized spacial score (nSPS) is 17.7. The number of aromatic nitrogens is 4. The van der Waals surface area contributed by atoms with Gasteiger partial charge in [0.25, 0.3) is 0 Å². The van der Waals surface area contributed by atoms with Gasteiger partial charge in [0.15, 0.2) is 5.65 Å². The summed E-state index contributed by atoms with van der Waals surface area (Å²) in [5.74, 6) is -0.498. The number of fused-ring (bicyclic) bond motifs is 3. The Bertz CT molecular complexity index is 1420. The smallest absolute Gasteiger partial charge is 0.387 e. The van der Waals surface area contributed by atoms with Crippen LogP contribution in [0.15, 0.2) is 54.1 Å². The number of hydrogen-bond donors (Lipinski definition) is 1. The van der Waals surface area contributed by atoms with Crippen molar-refractivity contribution in [2.45, 2.75) is 44.4 Å². The van der Waals surface area contributed by atoms with Crippen LogP contribution in [-0.2, 0) is 5.54 Å². The molecule has 0 bridgehead atoms. The third-order valence-corrected chi connectivity index (χ3v) is 6.39. The molecule has 4 aromatic rings. The number of nitroso groups, excluding NO2 is 1. The molecule has 3 heterocycles. The quantitative estimate of drug-likeness (QED) is 0.346. The molecule has 0 spiro atoms. The summed E-state index contributed by atoms with van der Waals surface area (Å²) in [6.07, 6.45) is 4.27. The van der Waals surface area contributed by atoms with E-state index in [1.165, 1.54) is 12.1 Å². The molecule has 0 radical (unpaired) electrons. The van der Waals surface area contributed by atoms with Gasteiger partial charge in [0.2, 0.25) is 0 Å². The van der Waals surface area contributed by atoms with Crippen LogP contribution in [-0.4, -0.2) is 31.1 Å². The molecular weight excluding hydrogens is 480 g/mol. The lowest BCUT2D eigenvalue weighted by molar-refractivity contribution is -0.0506. The average Bonchev–Trinajstić information content (AvgIpc) is 3.37. The highest BCUT2D eigenvalue weighted by atomic mass is 35.5. The van der Waals surface area contributed by atoms with Crippen molar-refractivity contribution in [1.82, 2.24) is 19.4 Å². The van der Waals surface area contributed by atoms with Gasteiger partial charge in [-0.1, -0.05) is 16.8 Å². The monoisotopic (exact) mass is 499 g/mol. The fraction of sp³-hybridized carbons (Fsp3) is 0.292. The molecule has 0 aliphatic heterocycles. The van der Waals surface area contributed by atoms with Crippen LogP contribution in [0.5, 0.6) is 5.75 Å². The molecule has 35 heavy (non-hydrogen) atoms. The number of rotatable bonds is 6. The molecule has 0 saturated carbocycles. The molecule has 0 fully saturated rings. The van der Waals surface area contributed by atoms with Gasteiger partial charge in [-0.25, -0.2) is 4.98 Å². The Morgan fingerprint density at radius 1 is 1.23 bits per heavy atom. The number of ether oxygens (including phenoxy) is 1. The number of halogens is 3. The van der Waals surface area contributed by atoms with Crippen molar-refractivity contribution in [3.05, 3.63) is 81.5 Å². The average molecular weight is 500 g/mol. The third kappa shape index (κ3) is 4.12. The second-order valence-electron chi connectivity index (χ2n) is 8.83. The maximum Gasteiger partial charge on any atom is 0.387 e. The highest BCUT2D eigenvalue weighted by Gasteiger charge is 2.37. The molecule has 1 N–H and O–H groups in total. The van der Waals surface area contributed by atoms with Crippen molar-refractivity contribution in [1.29, 1.82) is 0 Å². The first kappa shape index (κ1) is 23.3. The van der Waals surface area contributed by atoms with Gasteiger partial charge >= 0.3 is 6.61 Å². The molecule has 3 aromatic heterocycles. The highest BCUT2D eigenvalue weighted by Crippen LogP contribution is 2.47. The van der Waals surface area contributed by atoms with Crippen LogP contribution in [0.4, 0.5) is 8.78 Å². The van der Waals surface area contributed by atoms with E-state index >= 15 is 0 Å². The van der Waals surface area contributed by atoms with Gasteiger partial charge in [0, 0.05) is 34.5 Å². The minimum atomic E-state index is -3.01. The molecule has 11 heteroatoms. The number of pyridine rings is 1. The Labute approximate surface area is 203 Å². The molecule has 5 rings (SSSR count). The second kappa shape index (κ2) is 8.62. The summed E-state index contributed by atoms with van der Waals surface area (Å²) >= 11 is 6.18. The van der Waals surface area contributed by atoms with Crippen LogP contribution in [0.2, 0.25) is 5.02 Å². The van der Waals surface area contributed by atoms with E-state index in [4.69, 9.17) is 16.3 Å². The van der Waals surface area contributed by atoms with Crippen molar-refractivity contribution in [3.63, 3.8) is 0 Å². The van der Waals surface area contributed by atoms with Crippen LogP contribution in [0, 0.1) is 4.91 Å². The number of aliphatic hydroxyl groups is 1. The summed E-state index contributed by atoms with van der Waals surface area (Å²) in [5.41, 5.74) is 2.86. The Balaban J connectivity index is 1.61. The summed E-state index contributed by atoms with van der Waals surface area (Å²) in [6.45, 7) is 0.344. The summed E-state index contributed by atoms with van der Waals surface area (Å²) in [6, 6.07) is 7.95. The fourth-order valence-electron chi connectivity index (χ4n) is 4.40. The molecule has 0 unspecified atom stereocenters. The van der Waals surface area contributed by atoms with Crippen molar-refractivity contribution >= 4 is 17.2 Å². The van der Waals surface area contributed by atoms with E-state index in [1.807, 2.05) is 0 Å². The zero-order chi connectivity index (χ0) is 24.9. The SMILES string of the molecule is CC(C)(N=O)c1ccc(-c2cn3c4c(nc3cn2)[C@H](O)C[C@@H]4c2cc(Cl)ccc2OC(F)F)cn1. The molecular formula is C24H20ClF2N5O3. The number of hydrogen-bond acceptors (Lipinski definition) is 7. The largest absolute Gasteiger partial charge is 0.435 e. The zero-order valence-corrected chi connectivity index (χ0v) is 19.4. The zero-order valence-electron chi connectivity index (χ0n) is 18.7. The summed E-state index contributed by atoms with van der Waals surface area (Å²) in [4.78, 5) is 24.4. The van der Waals surface area contributed by atoms with Crippen LogP contribution in [0.3, 0.4) is 0 Å². The van der Waals surface area contributed by atoms with Crippen molar-refractivity contribution in [2.75, 3.05) is 0 Å². The Morgan fingerprint density at radius 2 is 2.03 bits per heavy atom. The fourth-order valence-corrected chi connectivity index (χ4v) is 4.58. The lowest BCUT2D eigenvalue weighted by Crippen LogP contribution is -2.14. The lowest BCUT2D eigenvalue weighted by atomic mass is 9.95. The Kier molecular flexibility index (Phi) is 5.72. The molecule has 1 aliphatic carbocycles. The van der Waals surface area contributed by atoms with E-state index in [1.54, 1.807) is 55.0 Å². The van der Waals surface area contributed by atoms with E-state index in [-0.39, 0.29) is 12.2 Å². The molecule has 8 nitrogen and oxygen atoms in total. The van der Waals surface area contributed by atoms with Crippen molar-refractivity contribution in [3.8, 4) is 17.0 Å². The van der Waals surface area contributed by atoms with E-state index in [2.05, 4.69) is 20.1 Å². The topological polar surface area (TPSA) is 102 Å². The standard InChI is InChI=1S/C24H20ClF2N5O3/c1-24(2,31-34)19-6-3-12(9-29-19)16-11-32-20(10-28-16)30-21-17(33)8-15(22(21)32)14-7-13(25)4-5-18(14)35-23(26)27/h3-7,9-11,15,17,23,33H,8H2,1-2H3/t15-,17-/m1/s1. The first-order valence-corrected chi connectivity index (χ1v) is 11.2. The van der Waals surface area contributed by atoms with E-state index in [9.17, 15) is 18.8 Å². The van der Waals surface area contributed by atoms with Gasteiger partial charge in [-0.05, 0) is 50.6 Å². The summed E-state index contributed by atoms with van der Waals surface area (Å²) in [5, 5.41) is 14.2. The molecule has 180 valence electrons. The number of benzene rings is 1. The third-order valence-electron chi connectivity index (χ3n) is 6.16. The van der Waals surface area contributed by atoms with Crippen LogP contribution >= 0.6 is 11.6 Å². The maximum absolute atomic E-state index is 13.1. The van der Waals surface area contributed by atoms with Gasteiger partial charge in [-0.2, -0.15) is 8.78 Å². The van der Waals surface area contributed by atoms with E-state index in [0.29, 0.717) is 44.6 Å². The van der Waals surface area contributed by atoms with Gasteiger partial charge in [-0.15, -0.1) is 4.91 Å². The predicted molar refractivity (Wildman–Crippen MR) is 125 cm³/mol. The summed E-state index contributed by atoms with van der Waals surface area (Å²) in [7, 11) is 0. The highest BCUT2D eigenvalue weighted by molar-refractivity contribution is 6.30. The predicted octanol–water partition coefficient (Wildman–Crippen LogP) is 5.62. The Morgan fingerprint density at radius 3 is 2.71 bits per heavy atom. The molecule has 0 amide bonds. The van der Waals surface area contributed by atoms with Crippen LogP contribution in [0.25, 0.3) is 16.9 Å². The first-order valence-electron chi connectivity index (χ1n) is 10.8. The first-order chi connectivity index (χ1) is 16.7. The summed E-state index contributed by atoms with van der Waals surface area (Å²) < 4.78 is 32.6. The van der Waals surface area contributed by atoms with Crippen LogP contribution in [0.1, 0.15) is 54.9 Å². The second-order valence-corrected chi connectivity index (χ2v) is 9.27. The number of imidazole rings is 1.